The maximum absolute atomic E-state index is 12.2. The number of pyridine rings is 1. The number of rotatable bonds is 4. The van der Waals surface area contributed by atoms with Crippen molar-refractivity contribution >= 4 is 34.7 Å². The summed E-state index contributed by atoms with van der Waals surface area (Å²) in [6, 6.07) is 16.7. The van der Waals surface area contributed by atoms with Crippen molar-refractivity contribution in [2.45, 2.75) is 13.8 Å². The SMILES string of the molecule is Cc1ccc(C)c(Nc2ccc(NC(=O)c3cccc(Cl)c3)cn2)c1. The topological polar surface area (TPSA) is 54.0 Å². The summed E-state index contributed by atoms with van der Waals surface area (Å²) in [5.74, 6) is 0.494. The molecule has 0 aliphatic heterocycles. The molecule has 2 aromatic carbocycles. The van der Waals surface area contributed by atoms with Gasteiger partial charge in [-0.2, -0.15) is 0 Å². The van der Waals surface area contributed by atoms with Crippen LogP contribution in [0.15, 0.2) is 60.8 Å². The van der Waals surface area contributed by atoms with Crippen LogP contribution >= 0.6 is 11.6 Å². The minimum Gasteiger partial charge on any atom is -0.340 e. The summed E-state index contributed by atoms with van der Waals surface area (Å²) in [6.07, 6.45) is 1.62. The molecule has 4 nitrogen and oxygen atoms in total. The summed E-state index contributed by atoms with van der Waals surface area (Å²) in [5, 5.41) is 6.63. The van der Waals surface area contributed by atoms with Crippen molar-refractivity contribution in [3.63, 3.8) is 0 Å². The number of nitrogens with zero attached hydrogens (tertiary/aromatic N) is 1. The number of halogens is 1. The van der Waals surface area contributed by atoms with E-state index in [2.05, 4.69) is 33.8 Å². The van der Waals surface area contributed by atoms with Crippen LogP contribution in [0.4, 0.5) is 17.2 Å². The Labute approximate surface area is 151 Å². The summed E-state index contributed by atoms with van der Waals surface area (Å²) in [4.78, 5) is 16.6. The van der Waals surface area contributed by atoms with Crippen molar-refractivity contribution in [2.75, 3.05) is 10.6 Å². The molecule has 0 unspecified atom stereocenters. The van der Waals surface area contributed by atoms with Gasteiger partial charge >= 0.3 is 0 Å². The molecule has 1 heterocycles. The minimum atomic E-state index is -0.223. The van der Waals surface area contributed by atoms with Crippen LogP contribution in [0.2, 0.25) is 5.02 Å². The highest BCUT2D eigenvalue weighted by Crippen LogP contribution is 2.21. The number of benzene rings is 2. The second kappa shape index (κ2) is 7.36. The lowest BCUT2D eigenvalue weighted by molar-refractivity contribution is 0.102. The lowest BCUT2D eigenvalue weighted by Crippen LogP contribution is -2.12. The van der Waals surface area contributed by atoms with Gasteiger partial charge in [-0.05, 0) is 61.4 Å². The number of carbonyl (C=O) groups is 1. The van der Waals surface area contributed by atoms with Crippen LogP contribution in [0.25, 0.3) is 0 Å². The van der Waals surface area contributed by atoms with E-state index in [1.165, 1.54) is 5.56 Å². The van der Waals surface area contributed by atoms with Gasteiger partial charge in [-0.15, -0.1) is 0 Å². The normalized spacial score (nSPS) is 10.4. The molecule has 3 aromatic rings. The zero-order chi connectivity index (χ0) is 17.8. The fourth-order valence-electron chi connectivity index (χ4n) is 2.38. The molecule has 0 atom stereocenters. The second-order valence-electron chi connectivity index (χ2n) is 5.84. The van der Waals surface area contributed by atoms with Gasteiger partial charge in [-0.3, -0.25) is 4.79 Å². The number of amides is 1. The molecule has 0 aliphatic rings. The van der Waals surface area contributed by atoms with Crippen molar-refractivity contribution in [2.24, 2.45) is 0 Å². The van der Waals surface area contributed by atoms with Gasteiger partial charge in [0.2, 0.25) is 0 Å². The number of hydrogen-bond donors (Lipinski definition) is 2. The predicted molar refractivity (Wildman–Crippen MR) is 103 cm³/mol. The number of hydrogen-bond acceptors (Lipinski definition) is 3. The van der Waals surface area contributed by atoms with Crippen LogP contribution in [0.3, 0.4) is 0 Å². The highest BCUT2D eigenvalue weighted by atomic mass is 35.5. The number of nitrogens with one attached hydrogen (secondary N) is 2. The number of aromatic nitrogens is 1. The molecule has 25 heavy (non-hydrogen) atoms. The molecule has 5 heteroatoms. The lowest BCUT2D eigenvalue weighted by atomic mass is 10.1. The van der Waals surface area contributed by atoms with Crippen LogP contribution in [-0.2, 0) is 0 Å². The first-order valence-corrected chi connectivity index (χ1v) is 8.26. The Bertz CT molecular complexity index is 907. The minimum absolute atomic E-state index is 0.223. The van der Waals surface area contributed by atoms with E-state index in [1.54, 1.807) is 30.5 Å². The average molecular weight is 352 g/mol. The van der Waals surface area contributed by atoms with Crippen LogP contribution in [0.5, 0.6) is 0 Å². The maximum Gasteiger partial charge on any atom is 0.255 e. The molecule has 0 radical (unpaired) electrons. The third kappa shape index (κ3) is 4.37. The Morgan fingerprint density at radius 3 is 2.60 bits per heavy atom. The summed E-state index contributed by atoms with van der Waals surface area (Å²) >= 11 is 5.91. The van der Waals surface area contributed by atoms with Crippen molar-refractivity contribution in [1.29, 1.82) is 0 Å². The Kier molecular flexibility index (Phi) is 5.00. The molecule has 0 bridgehead atoms. The van der Waals surface area contributed by atoms with E-state index in [1.807, 2.05) is 26.0 Å². The van der Waals surface area contributed by atoms with Crippen molar-refractivity contribution in [3.05, 3.63) is 82.5 Å². The molecule has 0 saturated heterocycles. The van der Waals surface area contributed by atoms with E-state index in [9.17, 15) is 4.79 Å². The molecular weight excluding hydrogens is 334 g/mol. The van der Waals surface area contributed by atoms with Crippen LogP contribution < -0.4 is 10.6 Å². The Morgan fingerprint density at radius 1 is 1.04 bits per heavy atom. The van der Waals surface area contributed by atoms with Crippen molar-refractivity contribution in [1.82, 2.24) is 4.98 Å². The summed E-state index contributed by atoms with van der Waals surface area (Å²) in [7, 11) is 0. The summed E-state index contributed by atoms with van der Waals surface area (Å²) in [6.45, 7) is 4.09. The Morgan fingerprint density at radius 2 is 1.88 bits per heavy atom. The number of anilines is 3. The third-order valence-electron chi connectivity index (χ3n) is 3.76. The van der Waals surface area contributed by atoms with Gasteiger partial charge in [0.1, 0.15) is 5.82 Å². The third-order valence-corrected chi connectivity index (χ3v) is 4.00. The van der Waals surface area contributed by atoms with E-state index in [4.69, 9.17) is 11.6 Å². The lowest BCUT2D eigenvalue weighted by Gasteiger charge is -2.11. The van der Waals surface area contributed by atoms with E-state index in [-0.39, 0.29) is 5.91 Å². The fraction of sp³-hybridized carbons (Fsp3) is 0.100. The van der Waals surface area contributed by atoms with Crippen LogP contribution in [-0.4, -0.2) is 10.9 Å². The molecule has 0 aliphatic carbocycles. The first-order valence-electron chi connectivity index (χ1n) is 7.88. The zero-order valence-corrected chi connectivity index (χ0v) is 14.8. The first-order chi connectivity index (χ1) is 12.0. The van der Waals surface area contributed by atoms with E-state index in [0.717, 1.165) is 17.1 Å². The maximum atomic E-state index is 12.2. The van der Waals surface area contributed by atoms with E-state index < -0.39 is 0 Å². The molecule has 0 spiro atoms. The highest BCUT2D eigenvalue weighted by molar-refractivity contribution is 6.31. The largest absolute Gasteiger partial charge is 0.340 e. The Balaban J connectivity index is 1.70. The Hall–Kier alpha value is -2.85. The number of carbonyl (C=O) groups excluding carboxylic acids is 1. The summed E-state index contributed by atoms with van der Waals surface area (Å²) < 4.78 is 0. The van der Waals surface area contributed by atoms with Gasteiger partial charge in [-0.1, -0.05) is 29.8 Å². The first kappa shape index (κ1) is 17.0. The molecule has 2 N–H and O–H groups in total. The van der Waals surface area contributed by atoms with Crippen molar-refractivity contribution in [3.8, 4) is 0 Å². The van der Waals surface area contributed by atoms with Gasteiger partial charge in [0, 0.05) is 16.3 Å². The monoisotopic (exact) mass is 351 g/mol. The smallest absolute Gasteiger partial charge is 0.255 e. The average Bonchev–Trinajstić information content (AvgIpc) is 2.60. The van der Waals surface area contributed by atoms with Gasteiger partial charge < -0.3 is 10.6 Å². The molecular formula is C20H18ClN3O. The molecule has 0 fully saturated rings. The second-order valence-corrected chi connectivity index (χ2v) is 6.28. The molecule has 126 valence electrons. The molecule has 0 saturated carbocycles. The van der Waals surface area contributed by atoms with Crippen LogP contribution in [0.1, 0.15) is 21.5 Å². The van der Waals surface area contributed by atoms with Crippen LogP contribution in [0, 0.1) is 13.8 Å². The van der Waals surface area contributed by atoms with Crippen molar-refractivity contribution < 1.29 is 4.79 Å². The number of aryl methyl sites for hydroxylation is 2. The quantitative estimate of drug-likeness (QED) is 0.666. The van der Waals surface area contributed by atoms with E-state index in [0.29, 0.717) is 16.3 Å². The van der Waals surface area contributed by atoms with Gasteiger partial charge in [0.05, 0.1) is 11.9 Å². The zero-order valence-electron chi connectivity index (χ0n) is 14.0. The van der Waals surface area contributed by atoms with Gasteiger partial charge in [0.25, 0.3) is 5.91 Å². The van der Waals surface area contributed by atoms with Gasteiger partial charge in [-0.25, -0.2) is 4.98 Å². The predicted octanol–water partition coefficient (Wildman–Crippen LogP) is 5.35. The molecule has 1 amide bonds. The fourth-order valence-corrected chi connectivity index (χ4v) is 2.57. The molecule has 3 rings (SSSR count). The highest BCUT2D eigenvalue weighted by Gasteiger charge is 2.07. The summed E-state index contributed by atoms with van der Waals surface area (Å²) in [5.41, 5.74) is 4.47. The van der Waals surface area contributed by atoms with E-state index >= 15 is 0 Å². The molecule has 1 aromatic heterocycles. The standard InChI is InChI=1S/C20H18ClN3O/c1-13-6-7-14(2)18(10-13)24-19-9-8-17(12-22-19)23-20(25)15-4-3-5-16(21)11-15/h3-12H,1-2H3,(H,22,24)(H,23,25). The van der Waals surface area contributed by atoms with Gasteiger partial charge in [0.15, 0.2) is 0 Å².